The van der Waals surface area contributed by atoms with Crippen molar-refractivity contribution in [3.05, 3.63) is 88.0 Å². The normalized spacial score (nSPS) is 19.6. The number of ketones is 1. The van der Waals surface area contributed by atoms with Crippen molar-refractivity contribution in [2.75, 3.05) is 20.6 Å². The Morgan fingerprint density at radius 3 is 2.50 bits per heavy atom. The van der Waals surface area contributed by atoms with Crippen LogP contribution in [0.15, 0.2) is 76.2 Å². The SMILES string of the molecule is CN(C)[C@@H](CN1C(=O)C(=O)C(=C(O)c2ccccc2)[C@@H]1c1ccco1)c1cccs1. The van der Waals surface area contributed by atoms with E-state index in [2.05, 4.69) is 0 Å². The van der Waals surface area contributed by atoms with Crippen LogP contribution in [0.1, 0.15) is 28.3 Å². The lowest BCUT2D eigenvalue weighted by atomic mass is 9.99. The smallest absolute Gasteiger partial charge is 0.295 e. The van der Waals surface area contributed by atoms with E-state index in [1.54, 1.807) is 47.7 Å². The molecule has 0 spiro atoms. The molecule has 1 saturated heterocycles. The van der Waals surface area contributed by atoms with Crippen molar-refractivity contribution in [3.63, 3.8) is 0 Å². The molecular formula is C23H22N2O4S. The molecule has 0 radical (unpaired) electrons. The molecule has 0 unspecified atom stereocenters. The molecule has 3 aromatic rings. The summed E-state index contributed by atoms with van der Waals surface area (Å²) in [6.07, 6.45) is 1.50. The molecule has 4 rings (SSSR count). The molecule has 30 heavy (non-hydrogen) atoms. The fraction of sp³-hybridized carbons (Fsp3) is 0.217. The molecule has 154 valence electrons. The summed E-state index contributed by atoms with van der Waals surface area (Å²) < 4.78 is 5.59. The number of carbonyl (C=O) groups is 2. The largest absolute Gasteiger partial charge is 0.507 e. The number of hydrogen-bond acceptors (Lipinski definition) is 6. The Hall–Kier alpha value is -3.16. The lowest BCUT2D eigenvalue weighted by Gasteiger charge is -2.31. The van der Waals surface area contributed by atoms with E-state index in [-0.39, 0.29) is 23.9 Å². The van der Waals surface area contributed by atoms with Gasteiger partial charge >= 0.3 is 0 Å². The number of aliphatic hydroxyl groups excluding tert-OH is 1. The van der Waals surface area contributed by atoms with Crippen LogP contribution in [0, 0.1) is 0 Å². The Morgan fingerprint density at radius 1 is 1.13 bits per heavy atom. The van der Waals surface area contributed by atoms with Gasteiger partial charge in [-0.3, -0.25) is 9.59 Å². The van der Waals surface area contributed by atoms with Crippen molar-refractivity contribution in [2.45, 2.75) is 12.1 Å². The molecule has 1 aliphatic heterocycles. The molecule has 1 aliphatic rings. The van der Waals surface area contributed by atoms with Crippen molar-refractivity contribution in [2.24, 2.45) is 0 Å². The van der Waals surface area contributed by atoms with Gasteiger partial charge < -0.3 is 19.3 Å². The van der Waals surface area contributed by atoms with Gasteiger partial charge in [0.05, 0.1) is 17.9 Å². The number of Topliss-reactive ketones (excluding diaryl/α,β-unsaturated/α-hetero) is 1. The van der Waals surface area contributed by atoms with Gasteiger partial charge in [-0.15, -0.1) is 11.3 Å². The third kappa shape index (κ3) is 3.58. The molecule has 3 heterocycles. The number of thiophene rings is 1. The van der Waals surface area contributed by atoms with E-state index in [0.717, 1.165) is 4.88 Å². The third-order valence-electron chi connectivity index (χ3n) is 5.26. The number of nitrogens with zero attached hydrogens (tertiary/aromatic N) is 2. The van der Waals surface area contributed by atoms with Crippen molar-refractivity contribution < 1.29 is 19.1 Å². The molecule has 0 aliphatic carbocycles. The van der Waals surface area contributed by atoms with Gasteiger partial charge in [0.25, 0.3) is 11.7 Å². The zero-order chi connectivity index (χ0) is 21.3. The first-order valence-corrected chi connectivity index (χ1v) is 10.4. The van der Waals surface area contributed by atoms with Crippen LogP contribution in [0.25, 0.3) is 5.76 Å². The standard InChI is InChI=1S/C23H22N2O4S/c1-24(2)16(18-11-7-13-30-18)14-25-20(17-10-6-12-29-17)19(22(27)23(25)28)21(26)15-8-4-3-5-9-15/h3-13,16,20,26H,14H2,1-2H3/t16-,20-/m0/s1. The average molecular weight is 423 g/mol. The van der Waals surface area contributed by atoms with Gasteiger partial charge in [-0.2, -0.15) is 0 Å². The highest BCUT2D eigenvalue weighted by atomic mass is 32.1. The number of likely N-dealkylation sites (tertiary alicyclic amines) is 1. The van der Waals surface area contributed by atoms with Crippen molar-refractivity contribution in [3.8, 4) is 0 Å². The van der Waals surface area contributed by atoms with E-state index in [9.17, 15) is 14.7 Å². The summed E-state index contributed by atoms with van der Waals surface area (Å²) in [5.74, 6) is -1.11. The summed E-state index contributed by atoms with van der Waals surface area (Å²) in [4.78, 5) is 30.7. The third-order valence-corrected chi connectivity index (χ3v) is 6.24. The Morgan fingerprint density at radius 2 is 1.90 bits per heavy atom. The van der Waals surface area contributed by atoms with Crippen LogP contribution in [0.3, 0.4) is 0 Å². The molecule has 1 amide bonds. The van der Waals surface area contributed by atoms with Gasteiger partial charge in [-0.25, -0.2) is 0 Å². The van der Waals surface area contributed by atoms with E-state index < -0.39 is 17.7 Å². The maximum atomic E-state index is 13.1. The fourth-order valence-corrected chi connectivity index (χ4v) is 4.65. The van der Waals surface area contributed by atoms with Crippen LogP contribution in [0.4, 0.5) is 0 Å². The second-order valence-corrected chi connectivity index (χ2v) is 8.31. The van der Waals surface area contributed by atoms with Crippen LogP contribution in [-0.4, -0.2) is 47.2 Å². The predicted octanol–water partition coefficient (Wildman–Crippen LogP) is 4.07. The minimum atomic E-state index is -0.789. The summed E-state index contributed by atoms with van der Waals surface area (Å²) in [5, 5.41) is 12.9. The van der Waals surface area contributed by atoms with Crippen LogP contribution in [0.5, 0.6) is 0 Å². The molecule has 7 heteroatoms. The van der Waals surface area contributed by atoms with Crippen LogP contribution in [0.2, 0.25) is 0 Å². The van der Waals surface area contributed by atoms with Crippen LogP contribution < -0.4 is 0 Å². The molecule has 2 aromatic heterocycles. The van der Waals surface area contributed by atoms with Gasteiger partial charge in [-0.1, -0.05) is 36.4 Å². The maximum Gasteiger partial charge on any atom is 0.295 e. The quantitative estimate of drug-likeness (QED) is 0.368. The first-order valence-electron chi connectivity index (χ1n) is 9.56. The Kier molecular flexibility index (Phi) is 5.57. The highest BCUT2D eigenvalue weighted by Gasteiger charge is 2.48. The minimum Gasteiger partial charge on any atom is -0.507 e. The van der Waals surface area contributed by atoms with Crippen LogP contribution >= 0.6 is 11.3 Å². The van der Waals surface area contributed by atoms with Crippen LogP contribution in [-0.2, 0) is 9.59 Å². The van der Waals surface area contributed by atoms with E-state index in [4.69, 9.17) is 4.42 Å². The number of carbonyl (C=O) groups excluding carboxylic acids is 2. The van der Waals surface area contributed by atoms with Gasteiger partial charge in [-0.05, 0) is 37.7 Å². The number of amides is 1. The number of aliphatic hydroxyl groups is 1. The van der Waals surface area contributed by atoms with Gasteiger partial charge in [0.2, 0.25) is 0 Å². The number of benzene rings is 1. The Bertz CT molecular complexity index is 1060. The molecular weight excluding hydrogens is 400 g/mol. The van der Waals surface area contributed by atoms with E-state index in [0.29, 0.717) is 11.3 Å². The molecule has 6 nitrogen and oxygen atoms in total. The van der Waals surface area contributed by atoms with Crippen molar-refractivity contribution >= 4 is 28.8 Å². The summed E-state index contributed by atoms with van der Waals surface area (Å²) in [6.45, 7) is 0.287. The monoisotopic (exact) mass is 422 g/mol. The first-order chi connectivity index (χ1) is 14.5. The summed E-state index contributed by atoms with van der Waals surface area (Å²) in [7, 11) is 3.87. The zero-order valence-electron chi connectivity index (χ0n) is 16.7. The van der Waals surface area contributed by atoms with Gasteiger partial charge in [0, 0.05) is 17.0 Å². The van der Waals surface area contributed by atoms with Crippen molar-refractivity contribution in [1.29, 1.82) is 0 Å². The average Bonchev–Trinajstić information content (AvgIpc) is 3.50. The van der Waals surface area contributed by atoms with E-state index >= 15 is 0 Å². The first kappa shape index (κ1) is 20.1. The second-order valence-electron chi connectivity index (χ2n) is 7.33. The van der Waals surface area contributed by atoms with E-state index in [1.807, 2.05) is 42.6 Å². The molecule has 1 aromatic carbocycles. The fourth-order valence-electron chi connectivity index (χ4n) is 3.74. The maximum absolute atomic E-state index is 13.1. The highest BCUT2D eigenvalue weighted by molar-refractivity contribution is 7.10. The summed E-state index contributed by atoms with van der Waals surface area (Å²) >= 11 is 1.60. The second kappa shape index (κ2) is 8.30. The lowest BCUT2D eigenvalue weighted by molar-refractivity contribution is -0.140. The Balaban J connectivity index is 1.80. The summed E-state index contributed by atoms with van der Waals surface area (Å²) in [5.41, 5.74) is 0.527. The molecule has 1 fully saturated rings. The van der Waals surface area contributed by atoms with Gasteiger partial charge in [0.15, 0.2) is 0 Å². The van der Waals surface area contributed by atoms with Gasteiger partial charge in [0.1, 0.15) is 17.6 Å². The number of furan rings is 1. The van der Waals surface area contributed by atoms with E-state index in [1.165, 1.54) is 11.2 Å². The lowest BCUT2D eigenvalue weighted by Crippen LogP contribution is -2.37. The molecule has 1 N–H and O–H groups in total. The molecule has 0 bridgehead atoms. The summed E-state index contributed by atoms with van der Waals surface area (Å²) in [6, 6.07) is 15.3. The highest BCUT2D eigenvalue weighted by Crippen LogP contribution is 2.41. The Labute approximate surface area is 178 Å². The molecule has 0 saturated carbocycles. The minimum absolute atomic E-state index is 0.0461. The molecule has 2 atom stereocenters. The van der Waals surface area contributed by atoms with Crippen molar-refractivity contribution in [1.82, 2.24) is 9.80 Å². The number of rotatable bonds is 6. The topological polar surface area (TPSA) is 74.0 Å². The number of likely N-dealkylation sites (N-methyl/N-ethyl adjacent to an activating group) is 1. The zero-order valence-corrected chi connectivity index (χ0v) is 17.5. The predicted molar refractivity (Wildman–Crippen MR) is 115 cm³/mol. The number of hydrogen-bond donors (Lipinski definition) is 1.